The third-order valence-corrected chi connectivity index (χ3v) is 5.64. The van der Waals surface area contributed by atoms with Gasteiger partial charge >= 0.3 is 0 Å². The first kappa shape index (κ1) is 19.4. The van der Waals surface area contributed by atoms with Crippen LogP contribution in [-0.2, 0) is 16.9 Å². The highest BCUT2D eigenvalue weighted by atomic mass is 79.9. The molecule has 0 heterocycles. The molecule has 4 aromatic carbocycles. The fraction of sp³-hybridized carbons (Fsp3) is 0.0769. The summed E-state index contributed by atoms with van der Waals surface area (Å²) in [6.07, 6.45) is 0. The van der Waals surface area contributed by atoms with E-state index in [-0.39, 0.29) is 5.75 Å². The van der Waals surface area contributed by atoms with E-state index in [1.165, 1.54) is 0 Å². The van der Waals surface area contributed by atoms with Crippen molar-refractivity contribution in [1.29, 1.82) is 0 Å². The molecule has 0 bridgehead atoms. The fourth-order valence-electron chi connectivity index (χ4n) is 3.60. The highest BCUT2D eigenvalue weighted by Crippen LogP contribution is 2.41. The molecule has 4 rings (SSSR count). The van der Waals surface area contributed by atoms with Crippen LogP contribution in [0.5, 0.6) is 5.75 Å². The van der Waals surface area contributed by atoms with Gasteiger partial charge in [0.05, 0.1) is 11.1 Å². The summed E-state index contributed by atoms with van der Waals surface area (Å²) < 4.78 is 7.42. The summed E-state index contributed by atoms with van der Waals surface area (Å²) in [5, 5.41) is 9.82. The molecule has 0 aromatic heterocycles. The third-order valence-electron chi connectivity index (χ3n) is 5.01. The molecule has 4 aromatic rings. The standard InChI is InChI=1S/C26H21BrO2/c27-24-18-20(16-17-25(24)28)19-29-26(21-10-4-1-5-11-21,22-12-6-2-7-13-22)23-14-8-3-9-15-23/h1-18,28H,19H2. The number of halogens is 1. The Labute approximate surface area is 179 Å². The topological polar surface area (TPSA) is 29.5 Å². The number of hydrogen-bond donors (Lipinski definition) is 1. The predicted molar refractivity (Wildman–Crippen MR) is 120 cm³/mol. The zero-order chi connectivity index (χ0) is 20.1. The monoisotopic (exact) mass is 444 g/mol. The van der Waals surface area contributed by atoms with Crippen molar-refractivity contribution in [3.63, 3.8) is 0 Å². The highest BCUT2D eigenvalue weighted by Gasteiger charge is 2.37. The number of hydrogen-bond acceptors (Lipinski definition) is 2. The SMILES string of the molecule is Oc1ccc(COC(c2ccccc2)(c2ccccc2)c2ccccc2)cc1Br. The smallest absolute Gasteiger partial charge is 0.144 e. The van der Waals surface area contributed by atoms with E-state index in [2.05, 4.69) is 52.3 Å². The second-order valence-corrected chi connectivity index (χ2v) is 7.71. The van der Waals surface area contributed by atoms with Crippen LogP contribution >= 0.6 is 15.9 Å². The van der Waals surface area contributed by atoms with Crippen molar-refractivity contribution in [1.82, 2.24) is 0 Å². The Kier molecular flexibility index (Phi) is 5.79. The van der Waals surface area contributed by atoms with Gasteiger partial charge in [0, 0.05) is 0 Å². The normalized spacial score (nSPS) is 11.3. The molecule has 0 amide bonds. The van der Waals surface area contributed by atoms with Gasteiger partial charge in [-0.25, -0.2) is 0 Å². The van der Waals surface area contributed by atoms with Crippen LogP contribution in [-0.4, -0.2) is 5.11 Å². The zero-order valence-electron chi connectivity index (χ0n) is 15.8. The van der Waals surface area contributed by atoms with Crippen LogP contribution in [0.2, 0.25) is 0 Å². The first-order chi connectivity index (χ1) is 14.2. The van der Waals surface area contributed by atoms with Crippen LogP contribution < -0.4 is 0 Å². The molecular weight excluding hydrogens is 424 g/mol. The largest absolute Gasteiger partial charge is 0.507 e. The maximum Gasteiger partial charge on any atom is 0.144 e. The van der Waals surface area contributed by atoms with E-state index in [0.717, 1.165) is 22.3 Å². The number of phenols is 1. The lowest BCUT2D eigenvalue weighted by Crippen LogP contribution is -2.32. The van der Waals surface area contributed by atoms with Crippen LogP contribution in [0.1, 0.15) is 22.3 Å². The van der Waals surface area contributed by atoms with Crippen LogP contribution in [0.15, 0.2) is 114 Å². The van der Waals surface area contributed by atoms with Crippen molar-refractivity contribution >= 4 is 15.9 Å². The van der Waals surface area contributed by atoms with Gasteiger partial charge in [0.2, 0.25) is 0 Å². The molecule has 0 unspecified atom stereocenters. The molecular formula is C26H21BrO2. The zero-order valence-corrected chi connectivity index (χ0v) is 17.4. The van der Waals surface area contributed by atoms with E-state index in [9.17, 15) is 5.11 Å². The molecule has 0 fully saturated rings. The highest BCUT2D eigenvalue weighted by molar-refractivity contribution is 9.10. The van der Waals surface area contributed by atoms with E-state index < -0.39 is 5.60 Å². The average molecular weight is 445 g/mol. The average Bonchev–Trinajstić information content (AvgIpc) is 2.79. The minimum absolute atomic E-state index is 0.217. The van der Waals surface area contributed by atoms with E-state index in [0.29, 0.717) is 11.1 Å². The fourth-order valence-corrected chi connectivity index (χ4v) is 4.03. The van der Waals surface area contributed by atoms with Crippen molar-refractivity contribution in [3.8, 4) is 5.75 Å². The van der Waals surface area contributed by atoms with Crippen molar-refractivity contribution < 1.29 is 9.84 Å². The van der Waals surface area contributed by atoms with Gasteiger partial charge in [-0.3, -0.25) is 0 Å². The van der Waals surface area contributed by atoms with Crippen molar-refractivity contribution in [2.24, 2.45) is 0 Å². The Morgan fingerprint density at radius 2 is 1.10 bits per heavy atom. The van der Waals surface area contributed by atoms with Gasteiger partial charge in [-0.05, 0) is 50.3 Å². The Balaban J connectivity index is 1.86. The van der Waals surface area contributed by atoms with E-state index in [1.807, 2.05) is 66.7 Å². The molecule has 29 heavy (non-hydrogen) atoms. The number of aromatic hydroxyl groups is 1. The molecule has 0 saturated heterocycles. The Morgan fingerprint density at radius 1 is 0.655 bits per heavy atom. The quantitative estimate of drug-likeness (QED) is 0.336. The molecule has 0 saturated carbocycles. The van der Waals surface area contributed by atoms with Crippen LogP contribution in [0.4, 0.5) is 0 Å². The second kappa shape index (κ2) is 8.64. The van der Waals surface area contributed by atoms with Gasteiger partial charge in [0.15, 0.2) is 0 Å². The van der Waals surface area contributed by atoms with Gasteiger partial charge in [0.25, 0.3) is 0 Å². The molecule has 0 aliphatic rings. The van der Waals surface area contributed by atoms with Crippen LogP contribution in [0, 0.1) is 0 Å². The molecule has 0 aliphatic heterocycles. The van der Waals surface area contributed by atoms with Crippen LogP contribution in [0.3, 0.4) is 0 Å². The van der Waals surface area contributed by atoms with Crippen LogP contribution in [0.25, 0.3) is 0 Å². The van der Waals surface area contributed by atoms with Gasteiger partial charge in [-0.1, -0.05) is 97.1 Å². The van der Waals surface area contributed by atoms with Gasteiger partial charge in [0.1, 0.15) is 11.4 Å². The Morgan fingerprint density at radius 3 is 1.52 bits per heavy atom. The first-order valence-electron chi connectivity index (χ1n) is 9.48. The molecule has 0 radical (unpaired) electrons. The number of benzene rings is 4. The summed E-state index contributed by atoms with van der Waals surface area (Å²) in [6.45, 7) is 0.386. The maximum atomic E-state index is 9.82. The second-order valence-electron chi connectivity index (χ2n) is 6.85. The molecule has 144 valence electrons. The van der Waals surface area contributed by atoms with Gasteiger partial charge in [-0.15, -0.1) is 0 Å². The predicted octanol–water partition coefficient (Wildman–Crippen LogP) is 6.66. The summed E-state index contributed by atoms with van der Waals surface area (Å²) in [5.41, 5.74) is 3.41. The lowest BCUT2D eigenvalue weighted by molar-refractivity contribution is 0.000209. The van der Waals surface area contributed by atoms with E-state index in [4.69, 9.17) is 4.74 Å². The summed E-state index contributed by atoms with van der Waals surface area (Å²) in [4.78, 5) is 0. The van der Waals surface area contributed by atoms with Gasteiger partial charge in [-0.2, -0.15) is 0 Å². The number of ether oxygens (including phenoxy) is 1. The van der Waals surface area contributed by atoms with Crippen molar-refractivity contribution in [3.05, 3.63) is 136 Å². The third kappa shape index (κ3) is 3.98. The summed E-state index contributed by atoms with van der Waals surface area (Å²) in [7, 11) is 0. The molecule has 0 atom stereocenters. The minimum atomic E-state index is -0.756. The van der Waals surface area contributed by atoms with E-state index in [1.54, 1.807) is 6.07 Å². The molecule has 1 N–H and O–H groups in total. The molecule has 2 nitrogen and oxygen atoms in total. The van der Waals surface area contributed by atoms with Crippen molar-refractivity contribution in [2.45, 2.75) is 12.2 Å². The Bertz CT molecular complexity index is 967. The van der Waals surface area contributed by atoms with Gasteiger partial charge < -0.3 is 9.84 Å². The van der Waals surface area contributed by atoms with E-state index >= 15 is 0 Å². The lowest BCUT2D eigenvalue weighted by atomic mass is 9.80. The molecule has 0 spiro atoms. The Hall–Kier alpha value is -2.88. The minimum Gasteiger partial charge on any atom is -0.507 e. The number of rotatable bonds is 6. The lowest BCUT2D eigenvalue weighted by Gasteiger charge is -2.36. The summed E-state index contributed by atoms with van der Waals surface area (Å²) >= 11 is 3.40. The maximum absolute atomic E-state index is 9.82. The number of phenolic OH excluding ortho intramolecular Hbond substituents is 1. The molecule has 0 aliphatic carbocycles. The molecule has 3 heteroatoms. The first-order valence-corrected chi connectivity index (χ1v) is 10.3. The summed E-state index contributed by atoms with van der Waals surface area (Å²) in [5.74, 6) is 0.217. The van der Waals surface area contributed by atoms with Crippen molar-refractivity contribution in [2.75, 3.05) is 0 Å². The summed E-state index contributed by atoms with van der Waals surface area (Å²) in [6, 6.07) is 36.3.